The van der Waals surface area contributed by atoms with Gasteiger partial charge < -0.3 is 26.0 Å². The Morgan fingerprint density at radius 2 is 1.91 bits per heavy atom. The van der Waals surface area contributed by atoms with E-state index in [-0.39, 0.29) is 23.0 Å². The third-order valence-electron chi connectivity index (χ3n) is 4.59. The molecule has 0 radical (unpaired) electrons. The summed E-state index contributed by atoms with van der Waals surface area (Å²) < 4.78 is 45.5. The predicted octanol–water partition coefficient (Wildman–Crippen LogP) is 4.94. The molecule has 0 fully saturated rings. The van der Waals surface area contributed by atoms with Gasteiger partial charge in [-0.3, -0.25) is 9.78 Å². The molecule has 188 valence electrons. The largest absolute Gasteiger partial charge is 0.487 e. The number of nitrogens with one attached hydrogen (secondary N) is 4. The fraction of sp³-hybridized carbons (Fsp3) is 0.292. The van der Waals surface area contributed by atoms with Gasteiger partial charge in [0, 0.05) is 43.4 Å². The molecule has 0 aliphatic rings. The Balaban J connectivity index is 2.05. The van der Waals surface area contributed by atoms with Crippen molar-refractivity contribution in [3.8, 4) is 5.75 Å². The summed E-state index contributed by atoms with van der Waals surface area (Å²) in [4.78, 5) is 28.1. The maximum Gasteiger partial charge on any atom is 0.418 e. The zero-order valence-corrected chi connectivity index (χ0v) is 19.8. The van der Waals surface area contributed by atoms with Crippen LogP contribution in [-0.2, 0) is 6.18 Å². The van der Waals surface area contributed by atoms with Crippen molar-refractivity contribution in [2.24, 2.45) is 0 Å². The van der Waals surface area contributed by atoms with E-state index < -0.39 is 23.9 Å². The number of rotatable bonds is 9. The minimum atomic E-state index is -4.57. The molecule has 1 unspecified atom stereocenters. The van der Waals surface area contributed by atoms with Gasteiger partial charge in [0.25, 0.3) is 5.91 Å². The topological polar surface area (TPSA) is 104 Å². The van der Waals surface area contributed by atoms with Crippen LogP contribution in [0.5, 0.6) is 5.75 Å². The number of hydrogen-bond acceptors (Lipinski definition) is 5. The second-order valence-corrected chi connectivity index (χ2v) is 7.29. The van der Waals surface area contributed by atoms with Gasteiger partial charge in [0.2, 0.25) is 0 Å². The molecular weight excluding hydrogens is 463 g/mol. The maximum atomic E-state index is 13.3. The molecule has 1 heterocycles. The summed E-state index contributed by atoms with van der Waals surface area (Å²) in [5.41, 5.74) is -0.339. The number of carbonyl (C=O) groups is 2. The van der Waals surface area contributed by atoms with Gasteiger partial charge in [0.1, 0.15) is 17.5 Å². The number of halogens is 3. The van der Waals surface area contributed by atoms with Crippen LogP contribution >= 0.6 is 0 Å². The van der Waals surface area contributed by atoms with Gasteiger partial charge in [-0.25, -0.2) is 4.79 Å². The van der Waals surface area contributed by atoms with Gasteiger partial charge in [0.15, 0.2) is 0 Å². The highest BCUT2D eigenvalue weighted by Crippen LogP contribution is 2.36. The number of urea groups is 1. The normalized spacial score (nSPS) is 12.7. The molecular formula is C24H28F3N5O3. The average Bonchev–Trinajstić information content (AvgIpc) is 2.81. The molecule has 8 nitrogen and oxygen atoms in total. The Kier molecular flexibility index (Phi) is 9.68. The number of aromatic nitrogens is 1. The lowest BCUT2D eigenvalue weighted by Crippen LogP contribution is -2.28. The van der Waals surface area contributed by atoms with Crippen LogP contribution in [0.3, 0.4) is 0 Å². The predicted molar refractivity (Wildman–Crippen MR) is 128 cm³/mol. The molecule has 3 amide bonds. The smallest absolute Gasteiger partial charge is 0.418 e. The lowest BCUT2D eigenvalue weighted by Gasteiger charge is -2.15. The fourth-order valence-corrected chi connectivity index (χ4v) is 2.98. The molecule has 0 aliphatic heterocycles. The summed E-state index contributed by atoms with van der Waals surface area (Å²) in [6.07, 6.45) is 2.11. The van der Waals surface area contributed by atoms with Crippen LogP contribution in [0, 0.1) is 0 Å². The molecule has 0 saturated heterocycles. The van der Waals surface area contributed by atoms with Crippen molar-refractivity contribution >= 4 is 23.3 Å². The summed E-state index contributed by atoms with van der Waals surface area (Å²) in [7, 11) is 2.89. The molecule has 0 aliphatic carbocycles. The molecule has 0 bridgehead atoms. The third-order valence-corrected chi connectivity index (χ3v) is 4.59. The van der Waals surface area contributed by atoms with Crippen molar-refractivity contribution in [2.45, 2.75) is 32.5 Å². The fourth-order valence-electron chi connectivity index (χ4n) is 2.98. The Labute approximate surface area is 201 Å². The van der Waals surface area contributed by atoms with Crippen LogP contribution in [0.1, 0.15) is 36.3 Å². The zero-order chi connectivity index (χ0) is 26.0. The molecule has 1 atom stereocenters. The highest BCUT2D eigenvalue weighted by Gasteiger charge is 2.33. The molecule has 35 heavy (non-hydrogen) atoms. The number of amides is 3. The first kappa shape index (κ1) is 27.2. The number of hydrogen-bond donors (Lipinski definition) is 4. The number of carbonyl (C=O) groups excluding carboxylic acids is 2. The first-order valence-electron chi connectivity index (χ1n) is 10.8. The zero-order valence-electron chi connectivity index (χ0n) is 19.8. The van der Waals surface area contributed by atoms with Crippen molar-refractivity contribution in [3.63, 3.8) is 0 Å². The van der Waals surface area contributed by atoms with Crippen molar-refractivity contribution in [1.82, 2.24) is 15.6 Å². The molecule has 1 aromatic heterocycles. The lowest BCUT2D eigenvalue weighted by molar-refractivity contribution is -0.136. The third kappa shape index (κ3) is 8.36. The van der Waals surface area contributed by atoms with E-state index in [2.05, 4.69) is 26.3 Å². The summed E-state index contributed by atoms with van der Waals surface area (Å²) >= 11 is 0. The highest BCUT2D eigenvalue weighted by molar-refractivity contribution is 5.92. The van der Waals surface area contributed by atoms with Crippen molar-refractivity contribution in [1.29, 1.82) is 0 Å². The van der Waals surface area contributed by atoms with Gasteiger partial charge in [-0.1, -0.05) is 13.0 Å². The van der Waals surface area contributed by atoms with E-state index in [1.54, 1.807) is 31.2 Å². The van der Waals surface area contributed by atoms with E-state index in [0.29, 0.717) is 17.9 Å². The monoisotopic (exact) mass is 491 g/mol. The van der Waals surface area contributed by atoms with Crippen LogP contribution in [-0.4, -0.2) is 37.1 Å². The standard InChI is InChI=1S/C24H28F3N5O3/c1-5-6-16(8-7-15(2)35-18-11-12-30-21(14-18)22(33)29-4)31-23(34)32-17-9-10-20(28-3)19(13-17)24(25,26)27/h6-15,28H,5H2,1-4H3,(H,29,33)(H2,31,32,34)/b8-7-,16-6+. The minimum Gasteiger partial charge on any atom is -0.487 e. The number of pyridine rings is 1. The number of anilines is 2. The van der Waals surface area contributed by atoms with Crippen LogP contribution in [0.4, 0.5) is 29.3 Å². The highest BCUT2D eigenvalue weighted by atomic mass is 19.4. The van der Waals surface area contributed by atoms with Crippen LogP contribution in [0.25, 0.3) is 0 Å². The summed E-state index contributed by atoms with van der Waals surface area (Å²) in [5.74, 6) is 0.0953. The number of allylic oxidation sites excluding steroid dienone is 2. The first-order chi connectivity index (χ1) is 16.6. The van der Waals surface area contributed by atoms with Gasteiger partial charge in [-0.05, 0) is 49.8 Å². The average molecular weight is 492 g/mol. The second kappa shape index (κ2) is 12.4. The maximum absolute atomic E-state index is 13.3. The lowest BCUT2D eigenvalue weighted by atomic mass is 10.1. The molecule has 4 N–H and O–H groups in total. The van der Waals surface area contributed by atoms with Gasteiger partial charge in [-0.15, -0.1) is 0 Å². The number of ether oxygens (including phenoxy) is 1. The van der Waals surface area contributed by atoms with Gasteiger partial charge in [0.05, 0.1) is 5.56 Å². The van der Waals surface area contributed by atoms with E-state index in [0.717, 1.165) is 6.07 Å². The SMILES string of the molecule is CC/C=C(\C=C/C(C)Oc1ccnc(C(=O)NC)c1)NC(=O)Nc1ccc(NC)c(C(F)(F)F)c1. The summed E-state index contributed by atoms with van der Waals surface area (Å²) in [6.45, 7) is 3.64. The molecule has 2 rings (SSSR count). The van der Waals surface area contributed by atoms with E-state index in [1.165, 1.54) is 38.5 Å². The molecule has 2 aromatic rings. The van der Waals surface area contributed by atoms with Crippen molar-refractivity contribution in [2.75, 3.05) is 24.7 Å². The number of alkyl halides is 3. The van der Waals surface area contributed by atoms with Crippen molar-refractivity contribution in [3.05, 3.63) is 71.7 Å². The van der Waals surface area contributed by atoms with Crippen LogP contribution < -0.4 is 26.0 Å². The quantitative estimate of drug-likeness (QED) is 0.372. The van der Waals surface area contributed by atoms with E-state index in [9.17, 15) is 22.8 Å². The Morgan fingerprint density at radius 1 is 1.17 bits per heavy atom. The van der Waals surface area contributed by atoms with Gasteiger partial charge in [-0.2, -0.15) is 13.2 Å². The van der Waals surface area contributed by atoms with Crippen LogP contribution in [0.2, 0.25) is 0 Å². The molecule has 1 aromatic carbocycles. The second-order valence-electron chi connectivity index (χ2n) is 7.29. The van der Waals surface area contributed by atoms with E-state index >= 15 is 0 Å². The van der Waals surface area contributed by atoms with E-state index in [4.69, 9.17) is 4.74 Å². The summed E-state index contributed by atoms with van der Waals surface area (Å²) in [5, 5.41) is 10.00. The summed E-state index contributed by atoms with van der Waals surface area (Å²) in [6, 6.07) is 5.90. The van der Waals surface area contributed by atoms with Gasteiger partial charge >= 0.3 is 12.2 Å². The Hall–Kier alpha value is -4.02. The minimum absolute atomic E-state index is 0.00466. The molecule has 0 spiro atoms. The van der Waals surface area contributed by atoms with Crippen molar-refractivity contribution < 1.29 is 27.5 Å². The molecule has 0 saturated carbocycles. The number of nitrogens with zero attached hydrogens (tertiary/aromatic N) is 1. The first-order valence-corrected chi connectivity index (χ1v) is 10.8. The van der Waals surface area contributed by atoms with E-state index in [1.807, 2.05) is 6.92 Å². The Morgan fingerprint density at radius 3 is 2.54 bits per heavy atom. The Bertz CT molecular complexity index is 1100. The van der Waals surface area contributed by atoms with Crippen LogP contribution in [0.15, 0.2) is 60.5 Å². The molecule has 11 heteroatoms. The number of benzene rings is 1.